The van der Waals surface area contributed by atoms with Crippen LogP contribution in [0.25, 0.3) is 10.1 Å². The normalized spacial score (nSPS) is 18.7. The zero-order valence-corrected chi connectivity index (χ0v) is 16.5. The summed E-state index contributed by atoms with van der Waals surface area (Å²) in [7, 11) is 1.63. The molecule has 1 aliphatic heterocycles. The quantitative estimate of drug-likeness (QED) is 0.638. The highest BCUT2D eigenvalue weighted by atomic mass is 35.5. The van der Waals surface area contributed by atoms with Gasteiger partial charge in [0.1, 0.15) is 11.8 Å². The minimum Gasteiger partial charge on any atom is -0.496 e. The molecule has 3 aromatic rings. The molecule has 1 fully saturated rings. The number of carboxylic acids is 1. The molecule has 0 amide bonds. The van der Waals surface area contributed by atoms with Gasteiger partial charge < -0.3 is 9.84 Å². The van der Waals surface area contributed by atoms with Crippen molar-refractivity contribution >= 4 is 39.0 Å². The van der Waals surface area contributed by atoms with Gasteiger partial charge >= 0.3 is 5.97 Å². The van der Waals surface area contributed by atoms with Crippen molar-refractivity contribution in [3.63, 3.8) is 0 Å². The average molecular weight is 402 g/mol. The van der Waals surface area contributed by atoms with E-state index in [4.69, 9.17) is 16.3 Å². The Bertz CT molecular complexity index is 986. The van der Waals surface area contributed by atoms with Crippen LogP contribution in [0.5, 0.6) is 5.75 Å². The number of hydrogen-bond acceptors (Lipinski definition) is 4. The van der Waals surface area contributed by atoms with Crippen molar-refractivity contribution in [3.8, 4) is 5.75 Å². The molecule has 0 saturated carbocycles. The number of halogens is 1. The number of nitrogens with zero attached hydrogens (tertiary/aromatic N) is 1. The molecule has 2 atom stereocenters. The van der Waals surface area contributed by atoms with Crippen LogP contribution in [0.2, 0.25) is 5.02 Å². The van der Waals surface area contributed by atoms with Crippen molar-refractivity contribution in [3.05, 3.63) is 64.0 Å². The van der Waals surface area contributed by atoms with Crippen LogP contribution in [-0.2, 0) is 4.79 Å². The second-order valence-electron chi connectivity index (χ2n) is 6.71. The number of aliphatic carboxylic acids is 1. The number of ether oxygens (including phenoxy) is 1. The first-order valence-electron chi connectivity index (χ1n) is 8.88. The summed E-state index contributed by atoms with van der Waals surface area (Å²) < 4.78 is 6.80. The van der Waals surface area contributed by atoms with E-state index in [1.807, 2.05) is 24.3 Å². The lowest BCUT2D eigenvalue weighted by Gasteiger charge is -2.32. The van der Waals surface area contributed by atoms with Crippen molar-refractivity contribution in [1.82, 2.24) is 4.90 Å². The fourth-order valence-electron chi connectivity index (χ4n) is 4.02. The monoisotopic (exact) mass is 401 g/mol. The topological polar surface area (TPSA) is 49.8 Å². The third kappa shape index (κ3) is 3.31. The number of hydrogen-bond donors (Lipinski definition) is 1. The van der Waals surface area contributed by atoms with Crippen LogP contribution < -0.4 is 4.74 Å². The van der Waals surface area contributed by atoms with Crippen molar-refractivity contribution in [2.45, 2.75) is 24.9 Å². The third-order valence-electron chi connectivity index (χ3n) is 5.20. The van der Waals surface area contributed by atoms with Gasteiger partial charge in [0.05, 0.1) is 13.2 Å². The molecule has 0 bridgehead atoms. The SMILES string of the molecule is COc1ccc(Cl)cc1C(c1csc2ccccc12)N1CCCC1C(=O)O. The molecule has 0 aliphatic carbocycles. The summed E-state index contributed by atoms with van der Waals surface area (Å²) in [5.74, 6) is -0.0613. The first kappa shape index (κ1) is 18.3. The fraction of sp³-hybridized carbons (Fsp3) is 0.286. The molecule has 6 heteroatoms. The van der Waals surface area contributed by atoms with E-state index in [-0.39, 0.29) is 6.04 Å². The van der Waals surface area contributed by atoms with Crippen LogP contribution in [0.1, 0.15) is 30.0 Å². The first-order chi connectivity index (χ1) is 13.1. The maximum atomic E-state index is 11.9. The van der Waals surface area contributed by atoms with Crippen molar-refractivity contribution in [2.75, 3.05) is 13.7 Å². The minimum atomic E-state index is -0.780. The Morgan fingerprint density at radius 2 is 2.11 bits per heavy atom. The van der Waals surface area contributed by atoms with Gasteiger partial charge in [0.25, 0.3) is 0 Å². The largest absolute Gasteiger partial charge is 0.496 e. The number of carbonyl (C=O) groups is 1. The lowest BCUT2D eigenvalue weighted by molar-refractivity contribution is -0.142. The van der Waals surface area contributed by atoms with Gasteiger partial charge in [-0.15, -0.1) is 11.3 Å². The van der Waals surface area contributed by atoms with Crippen LogP contribution in [0.4, 0.5) is 0 Å². The Kier molecular flexibility index (Phi) is 5.08. The summed E-state index contributed by atoms with van der Waals surface area (Å²) in [4.78, 5) is 14.0. The predicted molar refractivity (Wildman–Crippen MR) is 109 cm³/mol. The first-order valence-corrected chi connectivity index (χ1v) is 10.1. The number of carboxylic acid groups (broad SMARTS) is 1. The van der Waals surface area contributed by atoms with Gasteiger partial charge in [0.2, 0.25) is 0 Å². The Morgan fingerprint density at radius 1 is 1.30 bits per heavy atom. The smallest absolute Gasteiger partial charge is 0.320 e. The molecule has 0 radical (unpaired) electrons. The molecule has 2 unspecified atom stereocenters. The Morgan fingerprint density at radius 3 is 2.89 bits per heavy atom. The van der Waals surface area contributed by atoms with Gasteiger partial charge in [-0.1, -0.05) is 29.8 Å². The van der Waals surface area contributed by atoms with E-state index in [9.17, 15) is 9.90 Å². The number of fused-ring (bicyclic) bond motifs is 1. The van der Waals surface area contributed by atoms with E-state index < -0.39 is 12.0 Å². The Labute approximate surface area is 166 Å². The molecule has 2 heterocycles. The van der Waals surface area contributed by atoms with Crippen molar-refractivity contribution < 1.29 is 14.6 Å². The highest BCUT2D eigenvalue weighted by Gasteiger charge is 2.38. The zero-order valence-electron chi connectivity index (χ0n) is 14.9. The van der Waals surface area contributed by atoms with Crippen LogP contribution in [0.3, 0.4) is 0 Å². The van der Waals surface area contributed by atoms with E-state index in [0.717, 1.165) is 35.2 Å². The summed E-state index contributed by atoms with van der Waals surface area (Å²) in [6, 6.07) is 13.0. The second-order valence-corrected chi connectivity index (χ2v) is 8.06. The summed E-state index contributed by atoms with van der Waals surface area (Å²) in [6.07, 6.45) is 1.51. The van der Waals surface area contributed by atoms with E-state index in [1.54, 1.807) is 24.5 Å². The van der Waals surface area contributed by atoms with E-state index in [1.165, 1.54) is 4.70 Å². The second kappa shape index (κ2) is 7.50. The molecule has 0 spiro atoms. The molecule has 2 aromatic carbocycles. The predicted octanol–water partition coefficient (Wildman–Crippen LogP) is 5.20. The molecule has 1 N–H and O–H groups in total. The number of methoxy groups -OCH3 is 1. The lowest BCUT2D eigenvalue weighted by atomic mass is 9.95. The van der Waals surface area contributed by atoms with E-state index in [0.29, 0.717) is 11.4 Å². The van der Waals surface area contributed by atoms with E-state index in [2.05, 4.69) is 22.4 Å². The highest BCUT2D eigenvalue weighted by molar-refractivity contribution is 7.17. The maximum Gasteiger partial charge on any atom is 0.320 e. The summed E-state index contributed by atoms with van der Waals surface area (Å²) >= 11 is 7.99. The lowest BCUT2D eigenvalue weighted by Crippen LogP contribution is -2.39. The summed E-state index contributed by atoms with van der Waals surface area (Å²) in [5.41, 5.74) is 2.01. The molecule has 1 aromatic heterocycles. The Balaban J connectivity index is 1.93. The average Bonchev–Trinajstić information content (AvgIpc) is 3.30. The molecule has 4 rings (SSSR count). The molecule has 4 nitrogen and oxygen atoms in total. The summed E-state index contributed by atoms with van der Waals surface area (Å²) in [6.45, 7) is 0.724. The molecular formula is C21H20ClNO3S. The standard InChI is InChI=1S/C21H20ClNO3S/c1-26-18-9-8-13(22)11-15(18)20(23-10-4-6-17(23)21(24)25)16-12-27-19-7-3-2-5-14(16)19/h2-3,5,7-9,11-12,17,20H,4,6,10H2,1H3,(H,24,25). The van der Waals surface area contributed by atoms with E-state index >= 15 is 0 Å². The molecule has 140 valence electrons. The van der Waals surface area contributed by atoms with Gasteiger partial charge in [0.15, 0.2) is 0 Å². The van der Waals surface area contributed by atoms with Gasteiger partial charge in [-0.05, 0) is 53.4 Å². The number of rotatable bonds is 5. The van der Waals surface area contributed by atoms with Crippen LogP contribution in [0.15, 0.2) is 47.8 Å². The number of benzene rings is 2. The maximum absolute atomic E-state index is 11.9. The highest BCUT2D eigenvalue weighted by Crippen LogP contribution is 2.43. The van der Waals surface area contributed by atoms with Crippen molar-refractivity contribution in [2.24, 2.45) is 0 Å². The Hall–Kier alpha value is -2.08. The van der Waals surface area contributed by atoms with Crippen LogP contribution >= 0.6 is 22.9 Å². The van der Waals surface area contributed by atoms with Crippen molar-refractivity contribution in [1.29, 1.82) is 0 Å². The van der Waals surface area contributed by atoms with Gasteiger partial charge in [-0.2, -0.15) is 0 Å². The third-order valence-corrected chi connectivity index (χ3v) is 6.42. The number of thiophene rings is 1. The van der Waals surface area contributed by atoms with Crippen LogP contribution in [0, 0.1) is 0 Å². The van der Waals surface area contributed by atoms with Gasteiger partial charge in [-0.25, -0.2) is 0 Å². The zero-order chi connectivity index (χ0) is 19.0. The molecule has 1 saturated heterocycles. The molecular weight excluding hydrogens is 382 g/mol. The molecule has 27 heavy (non-hydrogen) atoms. The fourth-order valence-corrected chi connectivity index (χ4v) is 5.18. The molecule has 1 aliphatic rings. The number of likely N-dealkylation sites (tertiary alicyclic amines) is 1. The van der Waals surface area contributed by atoms with Gasteiger partial charge in [0, 0.05) is 21.8 Å². The van der Waals surface area contributed by atoms with Crippen LogP contribution in [-0.4, -0.2) is 35.7 Å². The minimum absolute atomic E-state index is 0.224. The van der Waals surface area contributed by atoms with Gasteiger partial charge in [-0.3, -0.25) is 9.69 Å². The summed E-state index contributed by atoms with van der Waals surface area (Å²) in [5, 5.41) is 13.7.